The molecular weight excluding hydrogens is 891 g/mol. The Bertz CT molecular complexity index is 1570. The van der Waals surface area contributed by atoms with Gasteiger partial charge in [0.15, 0.2) is 0 Å². The Morgan fingerprint density at radius 2 is 0.743 bits per heavy atom. The maximum absolute atomic E-state index is 9.21. The number of unbranched alkanes of at least 4 members (excludes halogenated alkanes) is 31. The van der Waals surface area contributed by atoms with Crippen LogP contribution in [0.4, 0.5) is 0 Å². The van der Waals surface area contributed by atoms with E-state index in [4.69, 9.17) is 0 Å². The fraction of sp³-hybridized carbons (Fsp3) is 0.761. The van der Waals surface area contributed by atoms with Gasteiger partial charge in [0.1, 0.15) is 0 Å². The van der Waals surface area contributed by atoms with Crippen molar-refractivity contribution in [3.05, 3.63) is 86.0 Å². The Labute approximate surface area is 444 Å². The molecule has 0 amide bonds. The average Bonchev–Trinajstić information content (AvgIpc) is 3.36. The number of hydrogen-bond donors (Lipinski definition) is 0. The molecule has 0 spiro atoms. The second-order valence-corrected chi connectivity index (χ2v) is 22.8. The second kappa shape index (κ2) is 47.8. The molecule has 0 bridgehead atoms. The monoisotopic (exact) mass is 1010 g/mol. The zero-order valence-corrected chi connectivity index (χ0v) is 49.3. The molecule has 0 N–H and O–H groups in total. The first-order valence-electron chi connectivity index (χ1n) is 30.7. The van der Waals surface area contributed by atoms with Crippen molar-refractivity contribution in [1.29, 1.82) is 0 Å². The fourth-order valence-electron chi connectivity index (χ4n) is 9.92. The molecule has 0 aromatic heterocycles. The van der Waals surface area contributed by atoms with E-state index in [2.05, 4.69) is 103 Å². The van der Waals surface area contributed by atoms with Gasteiger partial charge in [-0.1, -0.05) is 136 Å². The first kappa shape index (κ1) is 65.8. The zero-order chi connectivity index (χ0) is 51.1. The van der Waals surface area contributed by atoms with Crippen LogP contribution in [-0.4, -0.2) is 10.7 Å². The van der Waals surface area contributed by atoms with Crippen LogP contribution < -0.4 is 0 Å². The molecule has 0 atom stereocenters. The molecule has 2 rings (SSSR count). The standard InChI is InChI=1S/C33H46N2.2C17H35.Ni/c1-8-12-15-28-21-31(22-29(16-13-9-2)32(28)17-14-10-3)33(20-27(11-4)23-35-34)30-18-24(5)26(7)25(6)19-30;2*1-3-5-7-9-11-13-15-17-16-14-12-10-8-6-4-2;/h18-22H,8-17H2,1-7H3;2*1,3-17H2,2H3;. The molecule has 2 aromatic carbocycles. The molecule has 2 nitrogen and oxygen atoms in total. The third-order valence-electron chi connectivity index (χ3n) is 14.9. The average molecular weight is 1010 g/mol. The van der Waals surface area contributed by atoms with Crippen LogP contribution in [0.1, 0.15) is 324 Å². The van der Waals surface area contributed by atoms with Gasteiger partial charge in [0.05, 0.1) is 5.57 Å². The summed E-state index contributed by atoms with van der Waals surface area (Å²) in [6, 6.07) is 9.52. The molecule has 0 aliphatic heterocycles. The maximum atomic E-state index is 9.21. The molecular formula is C67H116N2Ni. The number of nitrogens with zero attached hydrogens (tertiary/aromatic N) is 2. The third-order valence-corrected chi connectivity index (χ3v) is 16.3. The van der Waals surface area contributed by atoms with Crippen molar-refractivity contribution in [3.8, 4) is 0 Å². The Hall–Kier alpha value is -2.17. The number of allylic oxidation sites excluding steroid dienone is 2. The van der Waals surface area contributed by atoms with Crippen LogP contribution in [0.25, 0.3) is 11.1 Å². The van der Waals surface area contributed by atoms with Gasteiger partial charge in [0, 0.05) is 0 Å². The summed E-state index contributed by atoms with van der Waals surface area (Å²) in [6.45, 7) is 20.1. The van der Waals surface area contributed by atoms with Crippen molar-refractivity contribution in [2.45, 2.75) is 330 Å². The van der Waals surface area contributed by atoms with Gasteiger partial charge in [0.25, 0.3) is 0 Å². The zero-order valence-electron chi connectivity index (χ0n) is 48.3. The topological polar surface area (TPSA) is 36.4 Å². The molecule has 0 fully saturated rings. The van der Waals surface area contributed by atoms with Crippen molar-refractivity contribution in [2.75, 3.05) is 0 Å². The first-order valence-corrected chi connectivity index (χ1v) is 32.1. The summed E-state index contributed by atoms with van der Waals surface area (Å²) in [5, 5.41) is 2.87. The van der Waals surface area contributed by atoms with E-state index in [1.165, 1.54) is 293 Å². The SMILES string of the molecule is CCCCCCCCCCCCCCCC[CH2][Ni][CH2]CCCCCCCCCCCCCCCC.CCCCc1cc(C(=CC(=C=[N+]=[N-])CC)c2cc(C)c(C)c(C)c2)cc(CCCC)c1CCCC. The Morgan fingerprint density at radius 3 is 1.07 bits per heavy atom. The molecule has 3 heteroatoms. The second-order valence-electron chi connectivity index (χ2n) is 21.3. The normalized spacial score (nSPS) is 11.5. The predicted molar refractivity (Wildman–Crippen MR) is 312 cm³/mol. The summed E-state index contributed by atoms with van der Waals surface area (Å²) < 4.78 is 0. The van der Waals surface area contributed by atoms with E-state index in [9.17, 15) is 5.53 Å². The Balaban J connectivity index is 0.000000700. The van der Waals surface area contributed by atoms with E-state index in [-0.39, 0.29) is 0 Å². The Kier molecular flexibility index (Phi) is 45.0. The van der Waals surface area contributed by atoms with Crippen LogP contribution in [0.2, 0.25) is 10.8 Å². The molecule has 404 valence electrons. The number of benzene rings is 2. The summed E-state index contributed by atoms with van der Waals surface area (Å²) in [5.41, 5.74) is 22.4. The van der Waals surface area contributed by atoms with E-state index in [0.29, 0.717) is 0 Å². The van der Waals surface area contributed by atoms with Gasteiger partial charge in [-0.3, -0.25) is 0 Å². The van der Waals surface area contributed by atoms with Crippen molar-refractivity contribution in [3.63, 3.8) is 0 Å². The minimum absolute atomic E-state index is 0.761. The molecule has 0 unspecified atom stereocenters. The van der Waals surface area contributed by atoms with Crippen LogP contribution in [0.3, 0.4) is 0 Å². The summed E-state index contributed by atoms with van der Waals surface area (Å²) in [5.74, 6) is 2.80. The smallest absolute Gasteiger partial charge is 0.348 e. The molecule has 70 heavy (non-hydrogen) atoms. The van der Waals surface area contributed by atoms with Crippen LogP contribution >= 0.6 is 0 Å². The Morgan fingerprint density at radius 1 is 0.429 bits per heavy atom. The van der Waals surface area contributed by atoms with E-state index in [1.807, 2.05) is 14.4 Å². The quantitative estimate of drug-likeness (QED) is 0.0158. The van der Waals surface area contributed by atoms with Crippen LogP contribution in [0.5, 0.6) is 0 Å². The van der Waals surface area contributed by atoms with Gasteiger partial charge in [0.2, 0.25) is 0 Å². The molecule has 0 aliphatic rings. The van der Waals surface area contributed by atoms with Crippen molar-refractivity contribution >= 4 is 11.4 Å². The van der Waals surface area contributed by atoms with Gasteiger partial charge in [-0.05, 0) is 122 Å². The van der Waals surface area contributed by atoms with Crippen molar-refractivity contribution in [1.82, 2.24) is 0 Å². The van der Waals surface area contributed by atoms with E-state index >= 15 is 0 Å². The molecule has 0 radical (unpaired) electrons. The first-order chi connectivity index (χ1) is 34.3. The molecule has 2 aromatic rings. The predicted octanol–water partition coefficient (Wildman–Crippen LogP) is 23.0. The molecule has 0 aliphatic carbocycles. The summed E-state index contributed by atoms with van der Waals surface area (Å²) >= 11 is 2.04. The van der Waals surface area contributed by atoms with Crippen molar-refractivity contribution in [2.24, 2.45) is 0 Å². The molecule has 0 saturated carbocycles. The summed E-state index contributed by atoms with van der Waals surface area (Å²) in [4.78, 5) is 3.23. The van der Waals surface area contributed by atoms with E-state index < -0.39 is 0 Å². The summed E-state index contributed by atoms with van der Waals surface area (Å²) in [7, 11) is 0. The van der Waals surface area contributed by atoms with Gasteiger partial charge in [-0.15, -0.1) is 4.79 Å². The third kappa shape index (κ3) is 33.5. The number of rotatable bonds is 45. The van der Waals surface area contributed by atoms with Gasteiger partial charge in [-0.25, -0.2) is 0 Å². The molecule has 0 saturated heterocycles. The fourth-order valence-corrected chi connectivity index (χ4v) is 11.2. The van der Waals surface area contributed by atoms with Gasteiger partial charge in [-0.2, -0.15) is 0 Å². The van der Waals surface area contributed by atoms with E-state index in [1.54, 1.807) is 5.56 Å². The summed E-state index contributed by atoms with van der Waals surface area (Å²) in [6.07, 6.45) is 57.9. The molecule has 0 heterocycles. The van der Waals surface area contributed by atoms with Crippen LogP contribution in [-0.2, 0) is 33.7 Å². The van der Waals surface area contributed by atoms with Gasteiger partial charge < -0.3 is 5.53 Å². The van der Waals surface area contributed by atoms with Crippen LogP contribution in [0, 0.1) is 20.8 Å². The minimum atomic E-state index is 0.761. The minimum Gasteiger partial charge on any atom is -0.348 e. The van der Waals surface area contributed by atoms with E-state index in [0.717, 1.165) is 24.8 Å². The number of aryl methyl sites for hydroxylation is 4. The number of hydrogen-bond acceptors (Lipinski definition) is 0. The van der Waals surface area contributed by atoms with Crippen LogP contribution in [0.15, 0.2) is 35.9 Å². The van der Waals surface area contributed by atoms with Gasteiger partial charge >= 0.3 is 172 Å². The van der Waals surface area contributed by atoms with Crippen molar-refractivity contribution < 1.29 is 19.2 Å².